The molecule has 1 saturated heterocycles. The molecule has 2 aliphatic rings. The van der Waals surface area contributed by atoms with Crippen molar-refractivity contribution in [2.24, 2.45) is 0 Å². The predicted octanol–water partition coefficient (Wildman–Crippen LogP) is 3.18. The lowest BCUT2D eigenvalue weighted by molar-refractivity contribution is -0.128. The first kappa shape index (κ1) is 13.0. The molecule has 0 N–H and O–H groups in total. The molecule has 0 aliphatic carbocycles. The minimum absolute atomic E-state index is 0.173. The van der Waals surface area contributed by atoms with Crippen molar-refractivity contribution in [3.05, 3.63) is 30.3 Å². The molecule has 0 saturated carbocycles. The smallest absolute Gasteiger partial charge is 0.231 e. The summed E-state index contributed by atoms with van der Waals surface area (Å²) in [7, 11) is 0. The molecule has 2 heterocycles. The molecule has 106 valence electrons. The normalized spacial score (nSPS) is 18.6. The average Bonchev–Trinajstić information content (AvgIpc) is 2.90. The maximum atomic E-state index is 12.2. The molecule has 1 aromatic rings. The molecule has 4 heteroatoms. The van der Waals surface area contributed by atoms with Crippen molar-refractivity contribution in [3.8, 4) is 11.5 Å². The van der Waals surface area contributed by atoms with Gasteiger partial charge >= 0.3 is 0 Å². The number of ether oxygens (including phenoxy) is 2. The number of hydrogen-bond donors (Lipinski definition) is 0. The average molecular weight is 273 g/mol. The van der Waals surface area contributed by atoms with Gasteiger partial charge in [0.1, 0.15) is 0 Å². The second kappa shape index (κ2) is 5.57. The number of hydrogen-bond acceptors (Lipinski definition) is 3. The third kappa shape index (κ3) is 2.50. The van der Waals surface area contributed by atoms with Gasteiger partial charge in [0.15, 0.2) is 11.5 Å². The zero-order valence-electron chi connectivity index (χ0n) is 11.6. The van der Waals surface area contributed by atoms with Crippen LogP contribution in [0.3, 0.4) is 0 Å². The standard InChI is InChI=1S/C16H19NO3/c1-12(17-9-5-3-2-4-6-16(17)18)13-7-8-14-15(10-13)20-11-19-14/h7-8,10H,1-6,9,11H2. The maximum Gasteiger partial charge on any atom is 0.231 e. The van der Waals surface area contributed by atoms with Crippen molar-refractivity contribution in [1.29, 1.82) is 0 Å². The van der Waals surface area contributed by atoms with Gasteiger partial charge in [0, 0.05) is 24.2 Å². The van der Waals surface area contributed by atoms with E-state index in [1.165, 1.54) is 6.42 Å². The summed E-state index contributed by atoms with van der Waals surface area (Å²) in [6, 6.07) is 5.70. The van der Waals surface area contributed by atoms with E-state index >= 15 is 0 Å². The van der Waals surface area contributed by atoms with Crippen molar-refractivity contribution in [3.63, 3.8) is 0 Å². The quantitative estimate of drug-likeness (QED) is 0.830. The Hall–Kier alpha value is -1.97. The van der Waals surface area contributed by atoms with E-state index in [1.807, 2.05) is 23.1 Å². The van der Waals surface area contributed by atoms with Gasteiger partial charge in [-0.1, -0.05) is 19.4 Å². The maximum absolute atomic E-state index is 12.2. The molecule has 0 unspecified atom stereocenters. The van der Waals surface area contributed by atoms with Crippen LogP contribution in [0, 0.1) is 0 Å². The molecule has 0 bridgehead atoms. The van der Waals surface area contributed by atoms with Crippen LogP contribution in [0.1, 0.15) is 37.7 Å². The first-order valence-corrected chi connectivity index (χ1v) is 7.15. The van der Waals surface area contributed by atoms with E-state index in [0.29, 0.717) is 6.42 Å². The molecule has 20 heavy (non-hydrogen) atoms. The van der Waals surface area contributed by atoms with Crippen LogP contribution in [0.2, 0.25) is 0 Å². The van der Waals surface area contributed by atoms with Crippen LogP contribution >= 0.6 is 0 Å². The minimum atomic E-state index is 0.173. The minimum Gasteiger partial charge on any atom is -0.454 e. The molecule has 1 aromatic carbocycles. The van der Waals surface area contributed by atoms with E-state index in [-0.39, 0.29) is 12.7 Å². The Balaban J connectivity index is 1.81. The Bertz CT molecular complexity index is 539. The fourth-order valence-electron chi connectivity index (χ4n) is 2.68. The van der Waals surface area contributed by atoms with Crippen LogP contribution in [0.25, 0.3) is 5.70 Å². The summed E-state index contributed by atoms with van der Waals surface area (Å²) in [5.74, 6) is 1.65. The van der Waals surface area contributed by atoms with Crippen LogP contribution in [0.4, 0.5) is 0 Å². The highest BCUT2D eigenvalue weighted by atomic mass is 16.7. The van der Waals surface area contributed by atoms with E-state index < -0.39 is 0 Å². The Morgan fingerprint density at radius 2 is 1.90 bits per heavy atom. The second-order valence-corrected chi connectivity index (χ2v) is 5.22. The van der Waals surface area contributed by atoms with Gasteiger partial charge in [0.2, 0.25) is 12.7 Å². The van der Waals surface area contributed by atoms with Crippen molar-refractivity contribution >= 4 is 11.6 Å². The highest BCUT2D eigenvalue weighted by molar-refractivity contribution is 5.86. The van der Waals surface area contributed by atoms with Crippen LogP contribution in [0.15, 0.2) is 24.8 Å². The monoisotopic (exact) mass is 273 g/mol. The molecular formula is C16H19NO3. The number of rotatable bonds is 2. The summed E-state index contributed by atoms with van der Waals surface area (Å²) in [5, 5.41) is 0. The Labute approximate surface area is 119 Å². The molecule has 0 spiro atoms. The van der Waals surface area contributed by atoms with Gasteiger partial charge in [-0.15, -0.1) is 0 Å². The lowest BCUT2D eigenvalue weighted by Gasteiger charge is -2.27. The predicted molar refractivity (Wildman–Crippen MR) is 76.4 cm³/mol. The fourth-order valence-corrected chi connectivity index (χ4v) is 2.68. The van der Waals surface area contributed by atoms with Gasteiger partial charge in [-0.2, -0.15) is 0 Å². The number of nitrogens with zero attached hydrogens (tertiary/aromatic N) is 1. The summed E-state index contributed by atoms with van der Waals surface area (Å²) in [5.41, 5.74) is 1.68. The number of fused-ring (bicyclic) bond motifs is 1. The lowest BCUT2D eigenvalue weighted by Crippen LogP contribution is -2.31. The van der Waals surface area contributed by atoms with E-state index in [0.717, 1.165) is 48.6 Å². The van der Waals surface area contributed by atoms with E-state index in [4.69, 9.17) is 9.47 Å². The molecule has 0 radical (unpaired) electrons. The molecule has 0 atom stereocenters. The van der Waals surface area contributed by atoms with Gasteiger partial charge in [0.05, 0.1) is 0 Å². The summed E-state index contributed by atoms with van der Waals surface area (Å²) in [6.45, 7) is 5.12. The SMILES string of the molecule is C=C(c1ccc2c(c1)OCO2)N1CCCCCCC1=O. The molecule has 1 amide bonds. The van der Waals surface area contributed by atoms with Crippen LogP contribution < -0.4 is 9.47 Å². The number of carbonyl (C=O) groups excluding carboxylic acids is 1. The first-order valence-electron chi connectivity index (χ1n) is 7.15. The number of carbonyl (C=O) groups is 1. The largest absolute Gasteiger partial charge is 0.454 e. The van der Waals surface area contributed by atoms with Gasteiger partial charge < -0.3 is 14.4 Å². The van der Waals surface area contributed by atoms with Crippen LogP contribution in [-0.2, 0) is 4.79 Å². The Kier molecular flexibility index (Phi) is 3.63. The molecule has 3 rings (SSSR count). The van der Waals surface area contributed by atoms with Gasteiger partial charge in [0.25, 0.3) is 0 Å². The fraction of sp³-hybridized carbons (Fsp3) is 0.438. The Morgan fingerprint density at radius 1 is 1.10 bits per heavy atom. The van der Waals surface area contributed by atoms with Crippen LogP contribution in [0.5, 0.6) is 11.5 Å². The summed E-state index contributed by atoms with van der Waals surface area (Å²) in [4.78, 5) is 14.0. The lowest BCUT2D eigenvalue weighted by atomic mass is 10.1. The molecule has 2 aliphatic heterocycles. The third-order valence-electron chi connectivity index (χ3n) is 3.86. The second-order valence-electron chi connectivity index (χ2n) is 5.22. The number of likely N-dealkylation sites (tertiary alicyclic amines) is 1. The van der Waals surface area contributed by atoms with Crippen LogP contribution in [-0.4, -0.2) is 24.1 Å². The molecule has 0 aromatic heterocycles. The van der Waals surface area contributed by atoms with Gasteiger partial charge in [-0.3, -0.25) is 4.79 Å². The molecule has 4 nitrogen and oxygen atoms in total. The molecule has 1 fully saturated rings. The van der Waals surface area contributed by atoms with E-state index in [9.17, 15) is 4.79 Å². The van der Waals surface area contributed by atoms with Crippen molar-refractivity contribution < 1.29 is 14.3 Å². The third-order valence-corrected chi connectivity index (χ3v) is 3.86. The summed E-state index contributed by atoms with van der Waals surface area (Å²) < 4.78 is 10.7. The summed E-state index contributed by atoms with van der Waals surface area (Å²) in [6.07, 6.45) is 4.96. The zero-order chi connectivity index (χ0) is 13.9. The van der Waals surface area contributed by atoms with Crippen molar-refractivity contribution in [2.45, 2.75) is 32.1 Å². The van der Waals surface area contributed by atoms with Gasteiger partial charge in [-0.25, -0.2) is 0 Å². The highest BCUT2D eigenvalue weighted by Gasteiger charge is 2.21. The topological polar surface area (TPSA) is 38.8 Å². The van der Waals surface area contributed by atoms with E-state index in [1.54, 1.807) is 0 Å². The van der Waals surface area contributed by atoms with E-state index in [2.05, 4.69) is 6.58 Å². The van der Waals surface area contributed by atoms with Crippen molar-refractivity contribution in [1.82, 2.24) is 4.90 Å². The van der Waals surface area contributed by atoms with Gasteiger partial charge in [-0.05, 0) is 31.0 Å². The number of benzene rings is 1. The Morgan fingerprint density at radius 3 is 2.80 bits per heavy atom. The highest BCUT2D eigenvalue weighted by Crippen LogP contribution is 2.35. The zero-order valence-corrected chi connectivity index (χ0v) is 11.6. The van der Waals surface area contributed by atoms with Crippen molar-refractivity contribution in [2.75, 3.05) is 13.3 Å². The molecular weight excluding hydrogens is 254 g/mol. The first-order chi connectivity index (χ1) is 9.75. The number of amides is 1. The summed E-state index contributed by atoms with van der Waals surface area (Å²) >= 11 is 0.